The number of ether oxygens (including phenoxy) is 3. The van der Waals surface area contributed by atoms with Crippen molar-refractivity contribution in [1.82, 2.24) is 0 Å². The van der Waals surface area contributed by atoms with E-state index in [1.54, 1.807) is 0 Å². The van der Waals surface area contributed by atoms with E-state index in [0.717, 1.165) is 31.3 Å². The van der Waals surface area contributed by atoms with E-state index in [9.17, 15) is 35.4 Å². The van der Waals surface area contributed by atoms with Crippen LogP contribution in [0.2, 0.25) is 0 Å². The lowest BCUT2D eigenvalue weighted by Gasteiger charge is -2.62. The fraction of sp³-hybridized carbons (Fsp3) is 0.867. The van der Waals surface area contributed by atoms with Gasteiger partial charge in [0, 0.05) is 11.8 Å². The Hall–Kier alpha value is -1.10. The largest absolute Gasteiger partial charge is 0.691 e. The van der Waals surface area contributed by atoms with Gasteiger partial charge in [-0.2, -0.15) is 0 Å². The molecular formula is C30H44O16S2-2. The number of carbonyl (C=O) groups is 2. The molecule has 0 aromatic heterocycles. The minimum atomic E-state index is -1.41. The molecule has 48 heavy (non-hydrogen) atoms. The Kier molecular flexibility index (Phi) is 12.8. The van der Waals surface area contributed by atoms with E-state index in [2.05, 4.69) is 32.2 Å². The number of rotatable bonds is 15. The van der Waals surface area contributed by atoms with E-state index in [0.29, 0.717) is 12.8 Å². The molecule has 4 aliphatic carbocycles. The highest BCUT2D eigenvalue weighted by Gasteiger charge is 2.67. The van der Waals surface area contributed by atoms with E-state index in [4.69, 9.17) is 22.6 Å². The topological polar surface area (TPSA) is 224 Å². The highest BCUT2D eigenvalue weighted by Crippen LogP contribution is 2.70. The zero-order valence-corrected chi connectivity index (χ0v) is 28.6. The molecule has 0 amide bonds. The number of aliphatic hydroxyl groups excluding tert-OH is 2. The van der Waals surface area contributed by atoms with Crippen LogP contribution in [0.5, 0.6) is 0 Å². The normalized spacial score (nSPS) is 42.3. The van der Waals surface area contributed by atoms with Gasteiger partial charge in [-0.15, -0.1) is 8.67 Å². The number of fused-ring (bicyclic) bond motifs is 3. The number of carboxylic acid groups (broad SMARTS) is 1. The Morgan fingerprint density at radius 2 is 1.75 bits per heavy atom. The van der Waals surface area contributed by atoms with Crippen LogP contribution in [0.4, 0.5) is 0 Å². The van der Waals surface area contributed by atoms with Crippen LogP contribution in [-0.2, 0) is 50.9 Å². The monoisotopic (exact) mass is 724 g/mol. The Bertz CT molecular complexity index is 1150. The standard InChI is InChI=1S/C30H46O16S2/c1-14(2)9-22(32)40-25-24(42-48-46-44-37)23(41-47-45-43-36)20(13-31)39-28(25)38-17-10-18(27(34)35)19-7-8-30-11-16(15(3)26(30)33)5-6-21(30)29(19,4)12-17/h14,16-21,23-26,28,31,33,36-37H,3,5-13H2,1-2,4H3,(H,34,35)/p-2/t16?,17?,18?,19?,20-,21?,23-,24?,25?,26+,28?,29?,30?/m1/s1. The Balaban J connectivity index is 1.46. The Morgan fingerprint density at radius 3 is 2.38 bits per heavy atom. The summed E-state index contributed by atoms with van der Waals surface area (Å²) in [5.41, 5.74) is -0.0441. The molecule has 0 aromatic carbocycles. The first-order valence-corrected chi connectivity index (χ1v) is 17.5. The maximum Gasteiger partial charge on any atom is 0.306 e. The Morgan fingerprint density at radius 1 is 1.06 bits per heavy atom. The average molecular weight is 725 g/mol. The van der Waals surface area contributed by atoms with Crippen molar-refractivity contribution in [2.24, 2.45) is 40.4 Å². The maximum absolute atomic E-state index is 13.0. The summed E-state index contributed by atoms with van der Waals surface area (Å²) in [5, 5.41) is 59.9. The van der Waals surface area contributed by atoms with Crippen molar-refractivity contribution >= 4 is 36.6 Å². The van der Waals surface area contributed by atoms with E-state index in [-0.39, 0.29) is 66.6 Å². The number of esters is 1. The van der Waals surface area contributed by atoms with Gasteiger partial charge in [0.2, 0.25) is 0 Å². The third-order valence-corrected chi connectivity index (χ3v) is 12.3. The predicted molar refractivity (Wildman–Crippen MR) is 159 cm³/mol. The van der Waals surface area contributed by atoms with Crippen LogP contribution in [0.15, 0.2) is 12.2 Å². The molecule has 1 aliphatic heterocycles. The fourth-order valence-corrected chi connectivity index (χ4v) is 10.4. The summed E-state index contributed by atoms with van der Waals surface area (Å²) in [6.07, 6.45) is -3.64. The SMILES string of the molecule is C=C1C2CCC3C4(C)CC(OC5O[C@H](CO)[C@@H](OSOO[O-])C(OSOO[O-])C5OC(=O)CC(C)C)CC(C(=O)O)C4CCC3(C2)[C@H]1O. The van der Waals surface area contributed by atoms with Gasteiger partial charge in [-0.05, 0) is 79.6 Å². The zero-order chi connectivity index (χ0) is 34.8. The van der Waals surface area contributed by atoms with Gasteiger partial charge < -0.3 is 40.0 Å². The molecule has 1 heterocycles. The van der Waals surface area contributed by atoms with Crippen LogP contribution in [-0.4, -0.2) is 76.8 Å². The molecule has 0 aromatic rings. The summed E-state index contributed by atoms with van der Waals surface area (Å²) >= 11 is 0.195. The van der Waals surface area contributed by atoms with Gasteiger partial charge in [0.15, 0.2) is 37.0 Å². The third kappa shape index (κ3) is 7.43. The second-order valence-corrected chi connectivity index (χ2v) is 15.3. The first kappa shape index (κ1) is 38.1. The molecule has 4 saturated carbocycles. The highest BCUT2D eigenvalue weighted by molar-refractivity contribution is 7.90. The first-order valence-electron chi connectivity index (χ1n) is 16.2. The lowest BCUT2D eigenvalue weighted by molar-refractivity contribution is -0.778. The summed E-state index contributed by atoms with van der Waals surface area (Å²) in [7, 11) is 0. The molecule has 10 unspecified atom stereocenters. The minimum absolute atomic E-state index is 0.00271. The van der Waals surface area contributed by atoms with Crippen molar-refractivity contribution in [3.05, 3.63) is 12.2 Å². The van der Waals surface area contributed by atoms with E-state index in [1.165, 1.54) is 0 Å². The second kappa shape index (κ2) is 16.1. The zero-order valence-electron chi connectivity index (χ0n) is 27.0. The molecule has 5 aliphatic rings. The molecule has 2 bridgehead atoms. The van der Waals surface area contributed by atoms with Gasteiger partial charge in [-0.3, -0.25) is 28.0 Å². The quantitative estimate of drug-likeness (QED) is 0.0415. The lowest BCUT2D eigenvalue weighted by Crippen LogP contribution is -2.63. The summed E-state index contributed by atoms with van der Waals surface area (Å²) in [5.74, 6) is -2.34. The molecule has 3 N–H and O–H groups in total. The first-order chi connectivity index (χ1) is 22.9. The van der Waals surface area contributed by atoms with Crippen LogP contribution in [0.1, 0.15) is 72.1 Å². The van der Waals surface area contributed by atoms with E-state index in [1.807, 2.05) is 13.8 Å². The van der Waals surface area contributed by atoms with Crippen LogP contribution < -0.4 is 10.5 Å². The molecular weight excluding hydrogens is 680 g/mol. The smallest absolute Gasteiger partial charge is 0.306 e. The summed E-state index contributed by atoms with van der Waals surface area (Å²) in [6, 6.07) is 0. The van der Waals surface area contributed by atoms with Gasteiger partial charge in [0.05, 0.1) is 24.7 Å². The second-order valence-electron chi connectivity index (χ2n) is 14.3. The molecule has 5 fully saturated rings. The molecule has 1 spiro atoms. The molecule has 0 radical (unpaired) electrons. The van der Waals surface area contributed by atoms with Crippen molar-refractivity contribution < 1.29 is 76.7 Å². The van der Waals surface area contributed by atoms with Gasteiger partial charge >= 0.3 is 11.9 Å². The minimum Gasteiger partial charge on any atom is -0.691 e. The van der Waals surface area contributed by atoms with E-state index < -0.39 is 72.8 Å². The van der Waals surface area contributed by atoms with Crippen LogP contribution in [0, 0.1) is 40.4 Å². The molecule has 16 nitrogen and oxygen atoms in total. The van der Waals surface area contributed by atoms with Crippen LogP contribution in [0.25, 0.3) is 0 Å². The number of carbonyl (C=O) groups excluding carboxylic acids is 1. The summed E-state index contributed by atoms with van der Waals surface area (Å²) < 4.78 is 38.0. The number of aliphatic hydroxyl groups is 2. The summed E-state index contributed by atoms with van der Waals surface area (Å²) in [6.45, 7) is 9.27. The highest BCUT2D eigenvalue weighted by atomic mass is 32.2. The maximum atomic E-state index is 13.0. The van der Waals surface area contributed by atoms with Gasteiger partial charge in [0.1, 0.15) is 18.3 Å². The Labute approximate surface area is 287 Å². The van der Waals surface area contributed by atoms with Gasteiger partial charge in [0.25, 0.3) is 0 Å². The van der Waals surface area contributed by atoms with Crippen LogP contribution in [0.3, 0.4) is 0 Å². The van der Waals surface area contributed by atoms with Gasteiger partial charge in [-0.1, -0.05) is 27.4 Å². The van der Waals surface area contributed by atoms with Crippen molar-refractivity contribution in [2.45, 2.75) is 115 Å². The predicted octanol–water partition coefficient (Wildman–Crippen LogP) is 1.63. The number of hydrogen-bond donors (Lipinski definition) is 3. The number of hydrogen-bond acceptors (Lipinski definition) is 17. The number of aliphatic carboxylic acids is 1. The van der Waals surface area contributed by atoms with Crippen molar-refractivity contribution in [1.29, 1.82) is 0 Å². The van der Waals surface area contributed by atoms with Gasteiger partial charge in [-0.25, -0.2) is 0 Å². The van der Waals surface area contributed by atoms with Crippen molar-refractivity contribution in [3.8, 4) is 0 Å². The lowest BCUT2D eigenvalue weighted by atomic mass is 9.43. The molecule has 1 saturated heterocycles. The van der Waals surface area contributed by atoms with E-state index >= 15 is 0 Å². The van der Waals surface area contributed by atoms with Crippen LogP contribution >= 0.6 is 24.6 Å². The summed E-state index contributed by atoms with van der Waals surface area (Å²) in [4.78, 5) is 25.8. The third-order valence-electron chi connectivity index (χ3n) is 11.4. The van der Waals surface area contributed by atoms with Crippen molar-refractivity contribution in [2.75, 3.05) is 6.61 Å². The fourth-order valence-electron chi connectivity index (χ4n) is 9.69. The number of carboxylic acids is 1. The average Bonchev–Trinajstić information content (AvgIpc) is 3.21. The molecule has 274 valence electrons. The van der Waals surface area contributed by atoms with Crippen molar-refractivity contribution in [3.63, 3.8) is 0 Å². The molecule has 13 atom stereocenters. The molecule has 5 rings (SSSR count). The molecule has 18 heteroatoms.